The summed E-state index contributed by atoms with van der Waals surface area (Å²) in [5, 5.41) is 9.59. The van der Waals surface area contributed by atoms with E-state index in [-0.39, 0.29) is 0 Å². The largest absolute Gasteiger partial charge is 0.454 e. The molecule has 0 unspecified atom stereocenters. The van der Waals surface area contributed by atoms with Gasteiger partial charge in [0.2, 0.25) is 0 Å². The van der Waals surface area contributed by atoms with Gasteiger partial charge in [0.05, 0.1) is 27.1 Å². The molecule has 0 atom stereocenters. The summed E-state index contributed by atoms with van der Waals surface area (Å²) in [6.07, 6.45) is 0. The van der Waals surface area contributed by atoms with E-state index in [0.717, 1.165) is 44.7 Å². The summed E-state index contributed by atoms with van der Waals surface area (Å²) in [5.74, 6) is 0. The Balaban J connectivity index is 1.23. The maximum Gasteiger partial charge on any atom is 0.159 e. The number of furan rings is 1. The first kappa shape index (κ1) is 27.6. The van der Waals surface area contributed by atoms with Gasteiger partial charge in [-0.2, -0.15) is 0 Å². The fourth-order valence-corrected chi connectivity index (χ4v) is 9.12. The first-order valence-electron chi connectivity index (χ1n) is 16.9. The zero-order valence-electron chi connectivity index (χ0n) is 26.9. The molecule has 0 radical (unpaired) electrons. The zero-order chi connectivity index (χ0) is 32.8. The smallest absolute Gasteiger partial charge is 0.159 e. The lowest BCUT2D eigenvalue weighted by atomic mass is 10.0. The van der Waals surface area contributed by atoms with Crippen LogP contribution in [-0.2, 0) is 0 Å². The molecule has 0 aliphatic carbocycles. The molecule has 0 aliphatic heterocycles. The van der Waals surface area contributed by atoms with Crippen LogP contribution in [0, 0.1) is 0 Å². The van der Waals surface area contributed by atoms with Crippen LogP contribution < -0.4 is 4.90 Å². The van der Waals surface area contributed by atoms with Gasteiger partial charge in [0.15, 0.2) is 5.58 Å². The Kier molecular flexibility index (Phi) is 5.83. The summed E-state index contributed by atoms with van der Waals surface area (Å²) < 4.78 is 11.8. The van der Waals surface area contributed by atoms with Gasteiger partial charge in [-0.15, -0.1) is 11.3 Å². The highest BCUT2D eigenvalue weighted by Crippen LogP contribution is 2.48. The van der Waals surface area contributed by atoms with Crippen LogP contribution in [0.5, 0.6) is 0 Å². The van der Waals surface area contributed by atoms with Gasteiger partial charge in [0, 0.05) is 48.4 Å². The molecule has 3 heterocycles. The average molecular weight is 657 g/mol. The fraction of sp³-hybridized carbons (Fsp3) is 0. The molecule has 0 bridgehead atoms. The highest BCUT2D eigenvalue weighted by atomic mass is 32.1. The van der Waals surface area contributed by atoms with Crippen molar-refractivity contribution in [2.45, 2.75) is 0 Å². The second-order valence-corrected chi connectivity index (χ2v) is 14.0. The quantitative estimate of drug-likeness (QED) is 0.188. The van der Waals surface area contributed by atoms with Gasteiger partial charge in [-0.1, -0.05) is 103 Å². The average Bonchev–Trinajstić information content (AvgIpc) is 3.84. The van der Waals surface area contributed by atoms with Crippen LogP contribution in [-0.4, -0.2) is 4.57 Å². The van der Waals surface area contributed by atoms with E-state index in [4.69, 9.17) is 4.42 Å². The van der Waals surface area contributed by atoms with E-state index in [1.54, 1.807) is 0 Å². The maximum atomic E-state index is 6.86. The third kappa shape index (κ3) is 3.97. The SMILES string of the molecule is c1ccc(-n2c3ccccc3c3cc(N(c4cccc5c4oc4cc6ccccc6cc45)c4cccc5c4sc4ccccc45)ccc32)cc1. The molecule has 50 heavy (non-hydrogen) atoms. The first-order valence-corrected chi connectivity index (χ1v) is 17.7. The van der Waals surface area contributed by atoms with Crippen molar-refractivity contribution in [1.29, 1.82) is 0 Å². The number of hydrogen-bond acceptors (Lipinski definition) is 3. The van der Waals surface area contributed by atoms with E-state index in [1.807, 2.05) is 11.3 Å². The molecule has 0 saturated carbocycles. The van der Waals surface area contributed by atoms with E-state index < -0.39 is 0 Å². The summed E-state index contributed by atoms with van der Waals surface area (Å²) in [7, 11) is 0. The Morgan fingerprint density at radius 1 is 0.460 bits per heavy atom. The molecule has 0 amide bonds. The molecule has 0 spiro atoms. The van der Waals surface area contributed by atoms with Crippen molar-refractivity contribution in [2.75, 3.05) is 4.90 Å². The molecule has 11 aromatic rings. The van der Waals surface area contributed by atoms with Crippen molar-refractivity contribution in [3.63, 3.8) is 0 Å². The Morgan fingerprint density at radius 3 is 2.02 bits per heavy atom. The highest BCUT2D eigenvalue weighted by molar-refractivity contribution is 7.26. The Morgan fingerprint density at radius 2 is 1.14 bits per heavy atom. The van der Waals surface area contributed by atoms with Gasteiger partial charge >= 0.3 is 0 Å². The molecular weight excluding hydrogens is 629 g/mol. The van der Waals surface area contributed by atoms with Crippen LogP contribution in [0.2, 0.25) is 0 Å². The van der Waals surface area contributed by atoms with Crippen LogP contribution in [0.15, 0.2) is 174 Å². The van der Waals surface area contributed by atoms with E-state index in [9.17, 15) is 0 Å². The predicted molar refractivity (Wildman–Crippen MR) is 213 cm³/mol. The number of aromatic nitrogens is 1. The van der Waals surface area contributed by atoms with Gasteiger partial charge in [0.25, 0.3) is 0 Å². The maximum absolute atomic E-state index is 6.86. The summed E-state index contributed by atoms with van der Waals surface area (Å²) in [6, 6.07) is 61.2. The highest BCUT2D eigenvalue weighted by Gasteiger charge is 2.24. The van der Waals surface area contributed by atoms with Crippen molar-refractivity contribution >= 4 is 103 Å². The van der Waals surface area contributed by atoms with Crippen LogP contribution in [0.3, 0.4) is 0 Å². The van der Waals surface area contributed by atoms with Crippen LogP contribution in [0.1, 0.15) is 0 Å². The minimum Gasteiger partial charge on any atom is -0.454 e. The van der Waals surface area contributed by atoms with E-state index in [0.29, 0.717) is 0 Å². The topological polar surface area (TPSA) is 21.3 Å². The van der Waals surface area contributed by atoms with Crippen LogP contribution in [0.25, 0.3) is 80.4 Å². The van der Waals surface area contributed by atoms with Crippen LogP contribution >= 0.6 is 11.3 Å². The third-order valence-electron chi connectivity index (χ3n) is 10.1. The lowest BCUT2D eigenvalue weighted by Crippen LogP contribution is -2.10. The Labute approximate surface area is 291 Å². The fourth-order valence-electron chi connectivity index (χ4n) is 7.92. The number of anilines is 3. The summed E-state index contributed by atoms with van der Waals surface area (Å²) in [4.78, 5) is 2.41. The van der Waals surface area contributed by atoms with Gasteiger partial charge in [-0.25, -0.2) is 0 Å². The van der Waals surface area contributed by atoms with Crippen molar-refractivity contribution in [1.82, 2.24) is 4.57 Å². The number of rotatable bonds is 4. The van der Waals surface area contributed by atoms with Crippen molar-refractivity contribution in [3.8, 4) is 5.69 Å². The summed E-state index contributed by atoms with van der Waals surface area (Å²) in [6.45, 7) is 0. The van der Waals surface area contributed by atoms with Gasteiger partial charge in [-0.05, 0) is 77.5 Å². The Bertz CT molecular complexity index is 3110. The lowest BCUT2D eigenvalue weighted by Gasteiger charge is -2.26. The Hall–Kier alpha value is -6.36. The number of para-hydroxylation sites is 3. The molecule has 0 fully saturated rings. The first-order chi connectivity index (χ1) is 24.8. The van der Waals surface area contributed by atoms with Crippen molar-refractivity contribution < 1.29 is 4.42 Å². The number of fused-ring (bicyclic) bond motifs is 10. The van der Waals surface area contributed by atoms with E-state index >= 15 is 0 Å². The third-order valence-corrected chi connectivity index (χ3v) is 11.3. The van der Waals surface area contributed by atoms with Gasteiger partial charge in [0.1, 0.15) is 5.58 Å². The number of hydrogen-bond donors (Lipinski definition) is 0. The lowest BCUT2D eigenvalue weighted by molar-refractivity contribution is 0.669. The zero-order valence-corrected chi connectivity index (χ0v) is 27.7. The number of benzene rings is 8. The summed E-state index contributed by atoms with van der Waals surface area (Å²) in [5.41, 5.74) is 8.52. The van der Waals surface area contributed by atoms with Gasteiger partial charge in [-0.3, -0.25) is 0 Å². The monoisotopic (exact) mass is 656 g/mol. The number of nitrogens with zero attached hydrogens (tertiary/aromatic N) is 2. The molecular formula is C46H28N2OS. The van der Waals surface area contributed by atoms with E-state index in [1.165, 1.54) is 52.8 Å². The van der Waals surface area contributed by atoms with Crippen LogP contribution in [0.4, 0.5) is 17.1 Å². The molecule has 0 aliphatic rings. The minimum absolute atomic E-state index is 0.878. The molecule has 234 valence electrons. The van der Waals surface area contributed by atoms with Gasteiger partial charge < -0.3 is 13.9 Å². The molecule has 3 nitrogen and oxygen atoms in total. The minimum atomic E-state index is 0.878. The van der Waals surface area contributed by atoms with Crippen molar-refractivity contribution in [3.05, 3.63) is 170 Å². The second kappa shape index (κ2) is 10.6. The number of thiophene rings is 1. The van der Waals surface area contributed by atoms with E-state index in [2.05, 4.69) is 179 Å². The molecule has 0 saturated heterocycles. The molecule has 8 aromatic carbocycles. The van der Waals surface area contributed by atoms with Crippen molar-refractivity contribution in [2.24, 2.45) is 0 Å². The normalized spacial score (nSPS) is 12.0. The second-order valence-electron chi connectivity index (χ2n) is 12.9. The predicted octanol–water partition coefficient (Wildman–Crippen LogP) is 13.7. The molecule has 3 aromatic heterocycles. The molecule has 4 heteroatoms. The molecule has 11 rings (SSSR count). The molecule has 0 N–H and O–H groups in total. The standard InChI is InChI=1S/C46H28N2OS/c1-2-14-31(15-3-1)47-39-20-8-6-16-33(39)37-28-32(24-25-40(37)47)48(42-22-11-19-36-34-17-7-9-23-44(34)50-46(36)42)41-21-10-18-35-38-26-29-12-4-5-13-30(29)27-43(38)49-45(35)41/h1-28H. The summed E-state index contributed by atoms with van der Waals surface area (Å²) >= 11 is 1.85.